The van der Waals surface area contributed by atoms with Crippen molar-refractivity contribution in [1.82, 2.24) is 9.78 Å². The molecule has 2 aromatic rings. The predicted octanol–water partition coefficient (Wildman–Crippen LogP) is 1.24. The molecular weight excluding hydrogens is 211 g/mol. The third kappa shape index (κ3) is 1.32. The second-order valence-corrected chi connectivity index (χ2v) is 3.94. The Morgan fingerprint density at radius 3 is 2.94 bits per heavy atom. The molecule has 0 unspecified atom stereocenters. The predicted molar refractivity (Wildman–Crippen MR) is 55.5 cm³/mol. The lowest BCUT2D eigenvalue weighted by molar-refractivity contribution is -0.0266. The highest BCUT2D eigenvalue weighted by Gasteiger charge is 2.23. The molecule has 5 heteroatoms. The van der Waals surface area contributed by atoms with Gasteiger partial charge >= 0.3 is 0 Å². The van der Waals surface area contributed by atoms with Crippen LogP contribution in [0.15, 0.2) is 18.3 Å². The molecular formula is C11H11FN2O2. The minimum absolute atomic E-state index is 0.231. The van der Waals surface area contributed by atoms with E-state index in [1.165, 1.54) is 6.07 Å². The van der Waals surface area contributed by atoms with Crippen LogP contribution in [0, 0.1) is 5.82 Å². The summed E-state index contributed by atoms with van der Waals surface area (Å²) >= 11 is 0. The number of aromatic nitrogens is 2. The molecule has 1 aromatic heterocycles. The summed E-state index contributed by atoms with van der Waals surface area (Å²) in [6.45, 7) is 0.985. The highest BCUT2D eigenvalue weighted by atomic mass is 19.1. The van der Waals surface area contributed by atoms with Crippen LogP contribution in [-0.4, -0.2) is 28.1 Å². The summed E-state index contributed by atoms with van der Waals surface area (Å²) in [5.74, 6) is -0.389. The van der Waals surface area contributed by atoms with Gasteiger partial charge in [0.15, 0.2) is 0 Å². The van der Waals surface area contributed by atoms with E-state index in [0.29, 0.717) is 18.8 Å². The summed E-state index contributed by atoms with van der Waals surface area (Å²) in [7, 11) is 0. The number of hydrogen-bond acceptors (Lipinski definition) is 3. The van der Waals surface area contributed by atoms with Gasteiger partial charge in [0.1, 0.15) is 5.82 Å². The van der Waals surface area contributed by atoms with Gasteiger partial charge < -0.3 is 9.84 Å². The number of rotatable bonds is 2. The summed E-state index contributed by atoms with van der Waals surface area (Å²) < 4.78 is 20.3. The van der Waals surface area contributed by atoms with E-state index < -0.39 is 0 Å². The Bertz CT molecular complexity index is 534. The van der Waals surface area contributed by atoms with Gasteiger partial charge in [-0.1, -0.05) is 0 Å². The molecule has 0 atom stereocenters. The Kier molecular flexibility index (Phi) is 2.15. The fraction of sp³-hybridized carbons (Fsp3) is 0.364. The Morgan fingerprint density at radius 2 is 2.31 bits per heavy atom. The number of benzene rings is 1. The highest BCUT2D eigenvalue weighted by Crippen LogP contribution is 2.25. The van der Waals surface area contributed by atoms with E-state index in [2.05, 4.69) is 5.10 Å². The van der Waals surface area contributed by atoms with Crippen LogP contribution in [0.5, 0.6) is 0 Å². The van der Waals surface area contributed by atoms with Gasteiger partial charge in [0.2, 0.25) is 0 Å². The summed E-state index contributed by atoms with van der Waals surface area (Å²) in [5, 5.41) is 14.0. The summed E-state index contributed by atoms with van der Waals surface area (Å²) in [5.41, 5.74) is 1.15. The Hall–Kier alpha value is -1.46. The standard InChI is InChI=1S/C11H11FN2O2/c12-10-1-7-3-13-14(9-5-16-6-9)11(7)2-8(10)4-15/h1-3,9,15H,4-6H2. The molecule has 1 aliphatic heterocycles. The van der Waals surface area contributed by atoms with Crippen LogP contribution in [0.1, 0.15) is 11.6 Å². The monoisotopic (exact) mass is 222 g/mol. The molecule has 3 rings (SSSR count). The van der Waals surface area contributed by atoms with Crippen molar-refractivity contribution in [1.29, 1.82) is 0 Å². The zero-order valence-corrected chi connectivity index (χ0v) is 8.56. The SMILES string of the molecule is OCc1cc2c(cnn2C2COC2)cc1F. The van der Waals surface area contributed by atoms with Gasteiger partial charge in [-0.2, -0.15) is 5.10 Å². The van der Waals surface area contributed by atoms with Crippen molar-refractivity contribution in [2.75, 3.05) is 13.2 Å². The van der Waals surface area contributed by atoms with Gasteiger partial charge in [0.05, 0.1) is 37.6 Å². The van der Waals surface area contributed by atoms with Crippen molar-refractivity contribution < 1.29 is 14.2 Å². The van der Waals surface area contributed by atoms with E-state index in [-0.39, 0.29) is 18.5 Å². The largest absolute Gasteiger partial charge is 0.392 e. The first-order chi connectivity index (χ1) is 7.79. The Morgan fingerprint density at radius 1 is 1.50 bits per heavy atom. The molecule has 0 saturated carbocycles. The highest BCUT2D eigenvalue weighted by molar-refractivity contribution is 5.79. The molecule has 84 valence electrons. The molecule has 1 fully saturated rings. The minimum atomic E-state index is -0.389. The Balaban J connectivity index is 2.16. The number of hydrogen-bond donors (Lipinski definition) is 1. The van der Waals surface area contributed by atoms with Crippen LogP contribution >= 0.6 is 0 Å². The molecule has 1 saturated heterocycles. The molecule has 0 aliphatic carbocycles. The zero-order valence-electron chi connectivity index (χ0n) is 8.56. The molecule has 0 radical (unpaired) electrons. The molecule has 1 aromatic carbocycles. The van der Waals surface area contributed by atoms with E-state index >= 15 is 0 Å². The molecule has 0 spiro atoms. The first kappa shape index (κ1) is 9.74. The molecule has 0 bridgehead atoms. The van der Waals surface area contributed by atoms with Gasteiger partial charge in [-0.25, -0.2) is 4.39 Å². The first-order valence-electron chi connectivity index (χ1n) is 5.14. The average molecular weight is 222 g/mol. The second-order valence-electron chi connectivity index (χ2n) is 3.94. The first-order valence-corrected chi connectivity index (χ1v) is 5.14. The second kappa shape index (κ2) is 3.54. The number of aliphatic hydroxyl groups is 1. The minimum Gasteiger partial charge on any atom is -0.392 e. The van der Waals surface area contributed by atoms with E-state index in [1.807, 2.05) is 4.68 Å². The molecule has 1 N–H and O–H groups in total. The number of nitrogens with zero attached hydrogens (tertiary/aromatic N) is 2. The van der Waals surface area contributed by atoms with Gasteiger partial charge in [-0.05, 0) is 12.1 Å². The van der Waals surface area contributed by atoms with Crippen LogP contribution in [0.4, 0.5) is 4.39 Å². The third-order valence-electron chi connectivity index (χ3n) is 2.90. The van der Waals surface area contributed by atoms with E-state index in [4.69, 9.17) is 9.84 Å². The number of halogens is 1. The molecule has 16 heavy (non-hydrogen) atoms. The van der Waals surface area contributed by atoms with Crippen LogP contribution in [0.2, 0.25) is 0 Å². The fourth-order valence-electron chi connectivity index (χ4n) is 1.89. The maximum absolute atomic E-state index is 13.4. The zero-order chi connectivity index (χ0) is 11.1. The van der Waals surface area contributed by atoms with Gasteiger partial charge in [0, 0.05) is 10.9 Å². The van der Waals surface area contributed by atoms with Gasteiger partial charge in [-0.3, -0.25) is 4.68 Å². The molecule has 4 nitrogen and oxygen atoms in total. The maximum atomic E-state index is 13.4. The van der Waals surface area contributed by atoms with Gasteiger partial charge in [-0.15, -0.1) is 0 Å². The quantitative estimate of drug-likeness (QED) is 0.831. The lowest BCUT2D eigenvalue weighted by atomic mass is 10.1. The van der Waals surface area contributed by atoms with Crippen molar-refractivity contribution in [2.24, 2.45) is 0 Å². The van der Waals surface area contributed by atoms with Crippen LogP contribution in [0.25, 0.3) is 10.9 Å². The van der Waals surface area contributed by atoms with Crippen LogP contribution in [0.3, 0.4) is 0 Å². The summed E-state index contributed by atoms with van der Waals surface area (Å²) in [6.07, 6.45) is 1.64. The summed E-state index contributed by atoms with van der Waals surface area (Å²) in [4.78, 5) is 0. The number of fused-ring (bicyclic) bond motifs is 1. The normalized spacial score (nSPS) is 16.6. The third-order valence-corrected chi connectivity index (χ3v) is 2.90. The average Bonchev–Trinajstić information content (AvgIpc) is 2.58. The lowest BCUT2D eigenvalue weighted by Gasteiger charge is -2.26. The number of aliphatic hydroxyl groups excluding tert-OH is 1. The Labute approximate surface area is 91.2 Å². The molecule has 2 heterocycles. The fourth-order valence-corrected chi connectivity index (χ4v) is 1.89. The maximum Gasteiger partial charge on any atom is 0.129 e. The molecule has 0 amide bonds. The van der Waals surface area contributed by atoms with Crippen molar-refractivity contribution in [2.45, 2.75) is 12.6 Å². The van der Waals surface area contributed by atoms with Crippen LogP contribution in [-0.2, 0) is 11.3 Å². The van der Waals surface area contributed by atoms with Crippen molar-refractivity contribution in [3.05, 3.63) is 29.7 Å². The van der Waals surface area contributed by atoms with E-state index in [0.717, 1.165) is 10.9 Å². The number of ether oxygens (including phenoxy) is 1. The lowest BCUT2D eigenvalue weighted by Crippen LogP contribution is -2.31. The van der Waals surface area contributed by atoms with Crippen molar-refractivity contribution in [3.8, 4) is 0 Å². The van der Waals surface area contributed by atoms with Gasteiger partial charge in [0.25, 0.3) is 0 Å². The smallest absolute Gasteiger partial charge is 0.129 e. The van der Waals surface area contributed by atoms with E-state index in [1.54, 1.807) is 12.3 Å². The summed E-state index contributed by atoms with van der Waals surface area (Å²) in [6, 6.07) is 3.29. The van der Waals surface area contributed by atoms with Crippen LogP contribution < -0.4 is 0 Å². The molecule has 1 aliphatic rings. The van der Waals surface area contributed by atoms with Crippen molar-refractivity contribution >= 4 is 10.9 Å². The topological polar surface area (TPSA) is 47.3 Å². The van der Waals surface area contributed by atoms with E-state index in [9.17, 15) is 4.39 Å². The van der Waals surface area contributed by atoms with Crippen molar-refractivity contribution in [3.63, 3.8) is 0 Å².